The lowest BCUT2D eigenvalue weighted by molar-refractivity contribution is 0.574. The third-order valence-electron chi connectivity index (χ3n) is 4.55. The van der Waals surface area contributed by atoms with Gasteiger partial charge in [0.15, 0.2) is 0 Å². The summed E-state index contributed by atoms with van der Waals surface area (Å²) in [6.45, 7) is 4.05. The van der Waals surface area contributed by atoms with E-state index in [-0.39, 0.29) is 5.82 Å². The highest BCUT2D eigenvalue weighted by molar-refractivity contribution is 5.48. The van der Waals surface area contributed by atoms with Gasteiger partial charge in [-0.15, -0.1) is 0 Å². The Morgan fingerprint density at radius 1 is 0.909 bits per heavy atom. The largest absolute Gasteiger partial charge is 0.205 e. The molecule has 0 atom stereocenters. The predicted molar refractivity (Wildman–Crippen MR) is 89.5 cm³/mol. The van der Waals surface area contributed by atoms with Gasteiger partial charge >= 0.3 is 0 Å². The Morgan fingerprint density at radius 2 is 1.59 bits per heavy atom. The molecule has 22 heavy (non-hydrogen) atoms. The van der Waals surface area contributed by atoms with Crippen molar-refractivity contribution in [2.75, 3.05) is 0 Å². The zero-order chi connectivity index (χ0) is 15.5. The molecule has 0 amide bonds. The monoisotopic (exact) mass is 292 g/mol. The third-order valence-corrected chi connectivity index (χ3v) is 4.55. The van der Waals surface area contributed by atoms with Crippen LogP contribution in [0.2, 0.25) is 0 Å². The summed E-state index contributed by atoms with van der Waals surface area (Å²) in [7, 11) is 0. The lowest BCUT2D eigenvalue weighted by Gasteiger charge is -2.15. The normalized spacial score (nSPS) is 14.7. The van der Waals surface area contributed by atoms with Crippen molar-refractivity contribution in [3.8, 4) is 11.8 Å². The maximum Gasteiger partial charge on any atom is 0.142 e. The average molecular weight is 292 g/mol. The molecule has 0 bridgehead atoms. The highest BCUT2D eigenvalue weighted by Gasteiger charge is 2.23. The number of rotatable bonds is 1. The minimum Gasteiger partial charge on any atom is -0.205 e. The molecule has 0 aliphatic heterocycles. The molecule has 1 heteroatoms. The second kappa shape index (κ2) is 6.36. The predicted octanol–water partition coefficient (Wildman–Crippen LogP) is 5.50. The Morgan fingerprint density at radius 3 is 2.27 bits per heavy atom. The fourth-order valence-electron chi connectivity index (χ4n) is 3.28. The van der Waals surface area contributed by atoms with Gasteiger partial charge in [0.05, 0.1) is 5.56 Å². The van der Waals surface area contributed by atoms with E-state index in [4.69, 9.17) is 0 Å². The van der Waals surface area contributed by atoms with E-state index in [0.29, 0.717) is 11.5 Å². The van der Waals surface area contributed by atoms with E-state index in [1.165, 1.54) is 18.4 Å². The van der Waals surface area contributed by atoms with Crippen LogP contribution in [0.4, 0.5) is 4.39 Å². The van der Waals surface area contributed by atoms with Gasteiger partial charge in [0.25, 0.3) is 0 Å². The van der Waals surface area contributed by atoms with E-state index >= 15 is 0 Å². The second-order valence-electron chi connectivity index (χ2n) is 6.26. The molecule has 1 saturated carbocycles. The summed E-state index contributed by atoms with van der Waals surface area (Å²) in [5.74, 6) is 6.36. The zero-order valence-electron chi connectivity index (χ0n) is 13.2. The van der Waals surface area contributed by atoms with E-state index in [1.807, 2.05) is 50.2 Å². The van der Waals surface area contributed by atoms with Gasteiger partial charge in [-0.3, -0.25) is 0 Å². The summed E-state index contributed by atoms with van der Waals surface area (Å²) in [5, 5.41) is 0. The molecule has 2 aromatic carbocycles. The van der Waals surface area contributed by atoms with Crippen LogP contribution in [0.1, 0.15) is 59.4 Å². The molecular weight excluding hydrogens is 271 g/mol. The number of hydrogen-bond donors (Lipinski definition) is 0. The first-order chi connectivity index (χ1) is 10.6. The van der Waals surface area contributed by atoms with Gasteiger partial charge in [0, 0.05) is 5.56 Å². The van der Waals surface area contributed by atoms with Crippen LogP contribution >= 0.6 is 0 Å². The molecule has 112 valence electrons. The van der Waals surface area contributed by atoms with E-state index in [1.54, 1.807) is 0 Å². The molecule has 0 saturated heterocycles. The van der Waals surface area contributed by atoms with Crippen LogP contribution in [-0.4, -0.2) is 0 Å². The lowest BCUT2D eigenvalue weighted by atomic mass is 9.91. The minimum atomic E-state index is -0.105. The van der Waals surface area contributed by atoms with Crippen molar-refractivity contribution in [1.29, 1.82) is 0 Å². The molecule has 0 unspecified atom stereocenters. The molecule has 0 N–H and O–H groups in total. The summed E-state index contributed by atoms with van der Waals surface area (Å²) < 4.78 is 14.8. The molecule has 0 aromatic heterocycles. The Kier molecular flexibility index (Phi) is 4.29. The Hall–Kier alpha value is -2.07. The van der Waals surface area contributed by atoms with Crippen LogP contribution in [-0.2, 0) is 0 Å². The van der Waals surface area contributed by atoms with Gasteiger partial charge in [-0.1, -0.05) is 48.4 Å². The summed E-state index contributed by atoms with van der Waals surface area (Å²) in [4.78, 5) is 0. The molecule has 0 heterocycles. The van der Waals surface area contributed by atoms with Crippen LogP contribution in [0, 0.1) is 31.5 Å². The molecule has 2 aromatic rings. The first kappa shape index (κ1) is 14.9. The highest BCUT2D eigenvalue weighted by Crippen LogP contribution is 2.37. The van der Waals surface area contributed by atoms with Crippen LogP contribution in [0.25, 0.3) is 0 Å². The molecule has 0 radical (unpaired) electrons. The standard InChI is InChI=1S/C21H21F/c1-15-7-10-17(11-8-15)12-14-19-13-9-16(2)20(21(19)22)18-5-3-4-6-18/h7-11,13,18H,3-6H2,1-2H3. The fourth-order valence-corrected chi connectivity index (χ4v) is 3.28. The molecule has 0 nitrogen and oxygen atoms in total. The van der Waals surface area contributed by atoms with Crippen molar-refractivity contribution in [3.63, 3.8) is 0 Å². The van der Waals surface area contributed by atoms with E-state index < -0.39 is 0 Å². The van der Waals surface area contributed by atoms with Crippen molar-refractivity contribution in [1.82, 2.24) is 0 Å². The molecule has 3 rings (SSSR count). The topological polar surface area (TPSA) is 0 Å². The Bertz CT molecular complexity index is 723. The van der Waals surface area contributed by atoms with Crippen molar-refractivity contribution >= 4 is 0 Å². The maximum atomic E-state index is 14.8. The Balaban J connectivity index is 1.95. The summed E-state index contributed by atoms with van der Waals surface area (Å²) in [6, 6.07) is 11.8. The number of benzene rings is 2. The van der Waals surface area contributed by atoms with Crippen LogP contribution in [0.5, 0.6) is 0 Å². The van der Waals surface area contributed by atoms with Gasteiger partial charge in [-0.05, 0) is 61.9 Å². The average Bonchev–Trinajstić information content (AvgIpc) is 3.02. The van der Waals surface area contributed by atoms with Crippen molar-refractivity contribution in [2.24, 2.45) is 0 Å². The van der Waals surface area contributed by atoms with Crippen LogP contribution < -0.4 is 0 Å². The van der Waals surface area contributed by atoms with Gasteiger partial charge in [0.2, 0.25) is 0 Å². The summed E-state index contributed by atoms with van der Waals surface area (Å²) in [6.07, 6.45) is 4.63. The van der Waals surface area contributed by atoms with Gasteiger partial charge in [0.1, 0.15) is 5.82 Å². The summed E-state index contributed by atoms with van der Waals surface area (Å²) >= 11 is 0. The van der Waals surface area contributed by atoms with Crippen LogP contribution in [0.3, 0.4) is 0 Å². The quantitative estimate of drug-likeness (QED) is 0.609. The second-order valence-corrected chi connectivity index (χ2v) is 6.26. The SMILES string of the molecule is Cc1ccc(C#Cc2ccc(C)c(C3CCCC3)c2F)cc1. The van der Waals surface area contributed by atoms with E-state index in [2.05, 4.69) is 11.8 Å². The number of hydrogen-bond acceptors (Lipinski definition) is 0. The minimum absolute atomic E-state index is 0.105. The first-order valence-electron chi connectivity index (χ1n) is 8.03. The molecule has 0 spiro atoms. The Labute approximate surface area is 132 Å². The summed E-state index contributed by atoms with van der Waals surface area (Å²) in [5.41, 5.74) is 4.61. The molecule has 1 aliphatic rings. The smallest absolute Gasteiger partial charge is 0.142 e. The lowest BCUT2D eigenvalue weighted by Crippen LogP contribution is -2.02. The highest BCUT2D eigenvalue weighted by atomic mass is 19.1. The number of halogens is 1. The maximum absolute atomic E-state index is 14.8. The van der Waals surface area contributed by atoms with Crippen LogP contribution in [0.15, 0.2) is 36.4 Å². The van der Waals surface area contributed by atoms with Crippen molar-refractivity contribution in [2.45, 2.75) is 45.4 Å². The van der Waals surface area contributed by atoms with E-state index in [9.17, 15) is 4.39 Å². The van der Waals surface area contributed by atoms with Gasteiger partial charge in [-0.2, -0.15) is 0 Å². The number of aryl methyl sites for hydroxylation is 2. The van der Waals surface area contributed by atoms with Crippen molar-refractivity contribution in [3.05, 3.63) is 70.0 Å². The molecule has 1 aliphatic carbocycles. The van der Waals surface area contributed by atoms with Gasteiger partial charge in [-0.25, -0.2) is 4.39 Å². The molecule has 1 fully saturated rings. The first-order valence-corrected chi connectivity index (χ1v) is 8.03. The van der Waals surface area contributed by atoms with E-state index in [0.717, 1.165) is 29.5 Å². The van der Waals surface area contributed by atoms with Gasteiger partial charge < -0.3 is 0 Å². The third kappa shape index (κ3) is 3.07. The fraction of sp³-hybridized carbons (Fsp3) is 0.333. The zero-order valence-corrected chi connectivity index (χ0v) is 13.2. The molecular formula is C21H21F. The van der Waals surface area contributed by atoms with Crippen molar-refractivity contribution < 1.29 is 4.39 Å².